The number of amides is 1. The van der Waals surface area contributed by atoms with E-state index in [1.807, 2.05) is 50.2 Å². The van der Waals surface area contributed by atoms with Crippen molar-refractivity contribution in [3.8, 4) is 5.75 Å². The number of carbonyl (C=O) groups excluding carboxylic acids is 1. The Morgan fingerprint density at radius 1 is 1.25 bits per heavy atom. The van der Waals surface area contributed by atoms with Crippen LogP contribution in [0.4, 0.5) is 11.4 Å². The van der Waals surface area contributed by atoms with Crippen molar-refractivity contribution in [1.29, 1.82) is 0 Å². The van der Waals surface area contributed by atoms with Gasteiger partial charge in [-0.05, 0) is 42.3 Å². The van der Waals surface area contributed by atoms with Gasteiger partial charge in [0.25, 0.3) is 0 Å². The first-order chi connectivity index (χ1) is 11.5. The van der Waals surface area contributed by atoms with Crippen LogP contribution in [0.5, 0.6) is 5.75 Å². The molecule has 1 atom stereocenters. The number of ether oxygens (including phenoxy) is 1. The van der Waals surface area contributed by atoms with Crippen molar-refractivity contribution < 1.29 is 9.53 Å². The van der Waals surface area contributed by atoms with Crippen LogP contribution in [0.15, 0.2) is 36.4 Å². The molecule has 2 aromatic rings. The van der Waals surface area contributed by atoms with Crippen LogP contribution < -0.4 is 15.0 Å². The maximum absolute atomic E-state index is 12.2. The number of carbonyl (C=O) groups is 1. The zero-order valence-corrected chi connectivity index (χ0v) is 14.9. The lowest BCUT2D eigenvalue weighted by atomic mass is 9.84. The Kier molecular flexibility index (Phi) is 4.67. The molecular formula is C19H21ClN2O2. The first kappa shape index (κ1) is 16.7. The van der Waals surface area contributed by atoms with Crippen molar-refractivity contribution in [3.05, 3.63) is 52.5 Å². The van der Waals surface area contributed by atoms with E-state index in [2.05, 4.69) is 17.4 Å². The molecule has 0 fully saturated rings. The Bertz CT molecular complexity index is 774. The molecule has 0 aliphatic carbocycles. The van der Waals surface area contributed by atoms with Gasteiger partial charge in [-0.25, -0.2) is 0 Å². The van der Waals surface area contributed by atoms with Gasteiger partial charge in [-0.1, -0.05) is 23.7 Å². The SMILES string of the molecule is CCOc1ccc(C2CC(=O)Nc3cc(N(C)C)ccc32)cc1Cl. The van der Waals surface area contributed by atoms with Crippen molar-refractivity contribution in [2.75, 3.05) is 30.9 Å². The molecule has 3 rings (SSSR count). The molecule has 1 unspecified atom stereocenters. The Morgan fingerprint density at radius 2 is 2.04 bits per heavy atom. The Labute approximate surface area is 147 Å². The van der Waals surface area contributed by atoms with E-state index in [0.29, 0.717) is 23.8 Å². The lowest BCUT2D eigenvalue weighted by Crippen LogP contribution is -2.24. The standard InChI is InChI=1S/C19H21ClN2O2/c1-4-24-18-8-5-12(9-16(18)20)15-11-19(23)21-17-10-13(22(2)3)6-7-14(15)17/h5-10,15H,4,11H2,1-3H3,(H,21,23). The van der Waals surface area contributed by atoms with Crippen molar-refractivity contribution >= 4 is 28.9 Å². The average Bonchev–Trinajstić information content (AvgIpc) is 2.55. The normalized spacial score (nSPS) is 16.3. The molecule has 2 aromatic carbocycles. The van der Waals surface area contributed by atoms with Gasteiger partial charge in [-0.15, -0.1) is 0 Å². The molecule has 1 amide bonds. The number of fused-ring (bicyclic) bond motifs is 1. The summed E-state index contributed by atoms with van der Waals surface area (Å²) in [5, 5.41) is 3.55. The van der Waals surface area contributed by atoms with E-state index in [0.717, 1.165) is 22.5 Å². The molecule has 1 aliphatic heterocycles. The molecule has 0 radical (unpaired) electrons. The van der Waals surface area contributed by atoms with Crippen LogP contribution in [-0.4, -0.2) is 26.6 Å². The summed E-state index contributed by atoms with van der Waals surface area (Å²) in [5.41, 5.74) is 4.06. The molecule has 24 heavy (non-hydrogen) atoms. The van der Waals surface area contributed by atoms with Gasteiger partial charge in [-0.2, -0.15) is 0 Å². The highest BCUT2D eigenvalue weighted by molar-refractivity contribution is 6.32. The number of hydrogen-bond acceptors (Lipinski definition) is 3. The van der Waals surface area contributed by atoms with Crippen molar-refractivity contribution in [1.82, 2.24) is 0 Å². The van der Waals surface area contributed by atoms with Gasteiger partial charge in [0.1, 0.15) is 5.75 Å². The van der Waals surface area contributed by atoms with Crippen LogP contribution in [0.1, 0.15) is 30.4 Å². The van der Waals surface area contributed by atoms with Crippen LogP contribution in [0, 0.1) is 0 Å². The van der Waals surface area contributed by atoms with Crippen LogP contribution in [0.25, 0.3) is 0 Å². The Balaban J connectivity index is 2.01. The molecule has 0 saturated carbocycles. The molecule has 1 heterocycles. The number of rotatable bonds is 4. The third kappa shape index (κ3) is 3.20. The summed E-state index contributed by atoms with van der Waals surface area (Å²) in [4.78, 5) is 14.2. The Hall–Kier alpha value is -2.20. The van der Waals surface area contributed by atoms with Crippen LogP contribution >= 0.6 is 11.6 Å². The molecular weight excluding hydrogens is 324 g/mol. The average molecular weight is 345 g/mol. The second-order valence-corrected chi connectivity index (χ2v) is 6.50. The molecule has 4 nitrogen and oxygen atoms in total. The van der Waals surface area contributed by atoms with E-state index in [9.17, 15) is 4.79 Å². The lowest BCUT2D eigenvalue weighted by molar-refractivity contribution is -0.116. The number of benzene rings is 2. The van der Waals surface area contributed by atoms with Gasteiger partial charge in [0.05, 0.1) is 11.6 Å². The van der Waals surface area contributed by atoms with Crippen LogP contribution in [0.3, 0.4) is 0 Å². The molecule has 0 spiro atoms. The third-order valence-electron chi connectivity index (χ3n) is 4.25. The molecule has 1 N–H and O–H groups in total. The summed E-state index contributed by atoms with van der Waals surface area (Å²) in [6.45, 7) is 2.50. The number of anilines is 2. The second-order valence-electron chi connectivity index (χ2n) is 6.09. The van der Waals surface area contributed by atoms with Gasteiger partial charge < -0.3 is 15.0 Å². The predicted molar refractivity (Wildman–Crippen MR) is 98.5 cm³/mol. The highest BCUT2D eigenvalue weighted by Gasteiger charge is 2.27. The van der Waals surface area contributed by atoms with Gasteiger partial charge >= 0.3 is 0 Å². The minimum Gasteiger partial charge on any atom is -0.492 e. The minimum atomic E-state index is -0.00172. The number of hydrogen-bond donors (Lipinski definition) is 1. The zero-order valence-electron chi connectivity index (χ0n) is 14.1. The van der Waals surface area contributed by atoms with Crippen molar-refractivity contribution in [3.63, 3.8) is 0 Å². The highest BCUT2D eigenvalue weighted by atomic mass is 35.5. The fraction of sp³-hybridized carbons (Fsp3) is 0.316. The maximum atomic E-state index is 12.2. The highest BCUT2D eigenvalue weighted by Crippen LogP contribution is 2.40. The molecule has 5 heteroatoms. The number of halogens is 1. The minimum absolute atomic E-state index is 0.00172. The first-order valence-corrected chi connectivity index (χ1v) is 8.40. The fourth-order valence-corrected chi connectivity index (χ4v) is 3.28. The van der Waals surface area contributed by atoms with E-state index >= 15 is 0 Å². The monoisotopic (exact) mass is 344 g/mol. The molecule has 1 aliphatic rings. The topological polar surface area (TPSA) is 41.6 Å². The van der Waals surface area contributed by atoms with E-state index in [4.69, 9.17) is 16.3 Å². The number of nitrogens with zero attached hydrogens (tertiary/aromatic N) is 1. The van der Waals surface area contributed by atoms with E-state index in [1.54, 1.807) is 0 Å². The summed E-state index contributed by atoms with van der Waals surface area (Å²) in [5.74, 6) is 0.693. The molecule has 0 bridgehead atoms. The van der Waals surface area contributed by atoms with E-state index in [-0.39, 0.29) is 11.8 Å². The third-order valence-corrected chi connectivity index (χ3v) is 4.55. The summed E-state index contributed by atoms with van der Waals surface area (Å²) >= 11 is 6.33. The summed E-state index contributed by atoms with van der Waals surface area (Å²) in [6, 6.07) is 11.9. The van der Waals surface area contributed by atoms with Crippen molar-refractivity contribution in [2.24, 2.45) is 0 Å². The summed E-state index contributed by atoms with van der Waals surface area (Å²) in [6.07, 6.45) is 0.415. The molecule has 0 saturated heterocycles. The van der Waals surface area contributed by atoms with Gasteiger partial charge in [0, 0.05) is 37.8 Å². The Morgan fingerprint density at radius 3 is 2.71 bits per heavy atom. The summed E-state index contributed by atoms with van der Waals surface area (Å²) < 4.78 is 5.49. The quantitative estimate of drug-likeness (QED) is 0.900. The van der Waals surface area contributed by atoms with Gasteiger partial charge in [0.2, 0.25) is 5.91 Å². The maximum Gasteiger partial charge on any atom is 0.225 e. The molecule has 126 valence electrons. The zero-order chi connectivity index (χ0) is 17.3. The van der Waals surface area contributed by atoms with Crippen LogP contribution in [-0.2, 0) is 4.79 Å². The van der Waals surface area contributed by atoms with Crippen LogP contribution in [0.2, 0.25) is 5.02 Å². The van der Waals surface area contributed by atoms with E-state index < -0.39 is 0 Å². The predicted octanol–water partition coefficient (Wildman–Crippen LogP) is 4.28. The fourth-order valence-electron chi connectivity index (χ4n) is 3.03. The lowest BCUT2D eigenvalue weighted by Gasteiger charge is -2.27. The first-order valence-electron chi connectivity index (χ1n) is 8.03. The van der Waals surface area contributed by atoms with Crippen molar-refractivity contribution in [2.45, 2.75) is 19.3 Å². The smallest absolute Gasteiger partial charge is 0.225 e. The van der Waals surface area contributed by atoms with Gasteiger partial charge in [0.15, 0.2) is 0 Å². The largest absolute Gasteiger partial charge is 0.492 e. The second kappa shape index (κ2) is 6.73. The van der Waals surface area contributed by atoms with Gasteiger partial charge in [-0.3, -0.25) is 4.79 Å². The summed E-state index contributed by atoms with van der Waals surface area (Å²) in [7, 11) is 3.96. The van der Waals surface area contributed by atoms with E-state index in [1.165, 1.54) is 0 Å². The number of nitrogens with one attached hydrogen (secondary N) is 1. The molecule has 0 aromatic heterocycles.